The molecule has 124 valence electrons. The predicted molar refractivity (Wildman–Crippen MR) is 105 cm³/mol. The molecule has 25 heavy (non-hydrogen) atoms. The zero-order valence-corrected chi connectivity index (χ0v) is 15.5. The van der Waals surface area contributed by atoms with Crippen LogP contribution in [0, 0.1) is 11.3 Å². The Hall–Kier alpha value is -2.77. The number of fused-ring (bicyclic) bond motifs is 1. The number of nitriles is 1. The lowest BCUT2D eigenvalue weighted by Gasteiger charge is -2.11. The van der Waals surface area contributed by atoms with E-state index in [1.807, 2.05) is 54.6 Å². The summed E-state index contributed by atoms with van der Waals surface area (Å²) in [6, 6.07) is 20.2. The minimum Gasteiger partial charge on any atom is -0.493 e. The standard InChI is InChI=1S/C21H16BrNO2/c1-24-20-11-14(10-19(22)21(20)25-2)9-18(13-23)17-8-7-15-5-3-4-6-16(15)12-17/h3-12H,1-2H3/b18-9+. The van der Waals surface area contributed by atoms with E-state index in [2.05, 4.69) is 28.1 Å². The zero-order valence-electron chi connectivity index (χ0n) is 13.9. The topological polar surface area (TPSA) is 42.2 Å². The Morgan fingerprint density at radius 2 is 1.76 bits per heavy atom. The fraction of sp³-hybridized carbons (Fsp3) is 0.0952. The van der Waals surface area contributed by atoms with Crippen molar-refractivity contribution >= 4 is 38.4 Å². The maximum absolute atomic E-state index is 9.62. The maximum Gasteiger partial charge on any atom is 0.174 e. The molecule has 0 heterocycles. The van der Waals surface area contributed by atoms with Gasteiger partial charge in [-0.25, -0.2) is 0 Å². The quantitative estimate of drug-likeness (QED) is 0.422. The fourth-order valence-corrected chi connectivity index (χ4v) is 3.35. The van der Waals surface area contributed by atoms with Gasteiger partial charge in [-0.2, -0.15) is 5.26 Å². The van der Waals surface area contributed by atoms with Gasteiger partial charge in [-0.1, -0.05) is 36.4 Å². The molecule has 0 spiro atoms. The van der Waals surface area contributed by atoms with Gasteiger partial charge >= 0.3 is 0 Å². The summed E-state index contributed by atoms with van der Waals surface area (Å²) < 4.78 is 11.5. The first-order valence-corrected chi connectivity index (χ1v) is 8.48. The minimum absolute atomic E-state index is 0.588. The summed E-state index contributed by atoms with van der Waals surface area (Å²) in [6.45, 7) is 0. The third-order valence-electron chi connectivity index (χ3n) is 3.95. The number of rotatable bonds is 4. The van der Waals surface area contributed by atoms with Crippen molar-refractivity contribution in [2.45, 2.75) is 0 Å². The summed E-state index contributed by atoms with van der Waals surface area (Å²) in [4.78, 5) is 0. The van der Waals surface area contributed by atoms with Gasteiger partial charge in [-0.05, 0) is 62.1 Å². The van der Waals surface area contributed by atoms with Crippen LogP contribution in [0.2, 0.25) is 0 Å². The third kappa shape index (κ3) is 3.52. The van der Waals surface area contributed by atoms with Crippen LogP contribution >= 0.6 is 15.9 Å². The number of halogens is 1. The SMILES string of the molecule is COc1cc(/C=C(\C#N)c2ccc3ccccc3c2)cc(Br)c1OC. The highest BCUT2D eigenvalue weighted by Crippen LogP contribution is 2.37. The van der Waals surface area contributed by atoms with Gasteiger partial charge in [0.05, 0.1) is 30.3 Å². The lowest BCUT2D eigenvalue weighted by Crippen LogP contribution is -1.92. The van der Waals surface area contributed by atoms with E-state index < -0.39 is 0 Å². The van der Waals surface area contributed by atoms with Crippen LogP contribution in [0.3, 0.4) is 0 Å². The number of allylic oxidation sites excluding steroid dienone is 1. The van der Waals surface area contributed by atoms with Crippen molar-refractivity contribution in [1.82, 2.24) is 0 Å². The van der Waals surface area contributed by atoms with Crippen molar-refractivity contribution < 1.29 is 9.47 Å². The smallest absolute Gasteiger partial charge is 0.174 e. The molecule has 0 fully saturated rings. The van der Waals surface area contributed by atoms with Crippen LogP contribution in [0.15, 0.2) is 59.1 Å². The number of benzene rings is 3. The van der Waals surface area contributed by atoms with Crippen LogP contribution in [-0.4, -0.2) is 14.2 Å². The molecular weight excluding hydrogens is 378 g/mol. The second-order valence-corrected chi connectivity index (χ2v) is 6.32. The summed E-state index contributed by atoms with van der Waals surface area (Å²) in [5.74, 6) is 1.24. The average molecular weight is 394 g/mol. The van der Waals surface area contributed by atoms with Crippen LogP contribution in [0.1, 0.15) is 11.1 Å². The van der Waals surface area contributed by atoms with Crippen LogP contribution < -0.4 is 9.47 Å². The van der Waals surface area contributed by atoms with Gasteiger partial charge in [-0.3, -0.25) is 0 Å². The molecule has 0 bridgehead atoms. The molecule has 4 heteroatoms. The van der Waals surface area contributed by atoms with E-state index in [0.717, 1.165) is 26.4 Å². The van der Waals surface area contributed by atoms with Crippen molar-refractivity contribution in [2.75, 3.05) is 14.2 Å². The van der Waals surface area contributed by atoms with E-state index >= 15 is 0 Å². The van der Waals surface area contributed by atoms with Crippen LogP contribution in [0.25, 0.3) is 22.4 Å². The first-order chi connectivity index (χ1) is 12.2. The van der Waals surface area contributed by atoms with E-state index in [0.29, 0.717) is 17.1 Å². The fourth-order valence-electron chi connectivity index (χ4n) is 2.72. The summed E-state index contributed by atoms with van der Waals surface area (Å²) >= 11 is 3.48. The Labute approximate surface area is 155 Å². The molecule has 3 rings (SSSR count). The highest BCUT2D eigenvalue weighted by molar-refractivity contribution is 9.10. The van der Waals surface area contributed by atoms with Crippen LogP contribution in [-0.2, 0) is 0 Å². The largest absolute Gasteiger partial charge is 0.493 e. The van der Waals surface area contributed by atoms with Crippen molar-refractivity contribution in [3.05, 3.63) is 70.2 Å². The summed E-state index contributed by atoms with van der Waals surface area (Å²) in [7, 11) is 3.18. The van der Waals surface area contributed by atoms with Crippen LogP contribution in [0.4, 0.5) is 0 Å². The first kappa shape index (κ1) is 17.1. The highest BCUT2D eigenvalue weighted by Gasteiger charge is 2.11. The van der Waals surface area contributed by atoms with Crippen molar-refractivity contribution in [1.29, 1.82) is 5.26 Å². The Morgan fingerprint density at radius 3 is 2.44 bits per heavy atom. The van der Waals surface area contributed by atoms with Crippen molar-refractivity contribution in [3.63, 3.8) is 0 Å². The van der Waals surface area contributed by atoms with E-state index in [9.17, 15) is 5.26 Å². The Balaban J connectivity index is 2.08. The lowest BCUT2D eigenvalue weighted by atomic mass is 10.00. The van der Waals surface area contributed by atoms with Gasteiger partial charge in [0.2, 0.25) is 0 Å². The first-order valence-electron chi connectivity index (χ1n) is 7.68. The monoisotopic (exact) mass is 393 g/mol. The summed E-state index contributed by atoms with van der Waals surface area (Å²) in [5.41, 5.74) is 2.33. The second-order valence-electron chi connectivity index (χ2n) is 5.47. The van der Waals surface area contributed by atoms with Crippen LogP contribution in [0.5, 0.6) is 11.5 Å². The summed E-state index contributed by atoms with van der Waals surface area (Å²) in [5, 5.41) is 11.9. The minimum atomic E-state index is 0.588. The molecule has 0 unspecified atom stereocenters. The van der Waals surface area contributed by atoms with Gasteiger partial charge in [0.1, 0.15) is 0 Å². The Bertz CT molecular complexity index is 1000. The molecule has 0 aliphatic rings. The average Bonchev–Trinajstić information content (AvgIpc) is 2.65. The molecule has 0 radical (unpaired) electrons. The number of nitrogens with zero attached hydrogens (tertiary/aromatic N) is 1. The highest BCUT2D eigenvalue weighted by atomic mass is 79.9. The number of ether oxygens (including phenoxy) is 2. The zero-order chi connectivity index (χ0) is 17.8. The molecule has 0 atom stereocenters. The van der Waals surface area contributed by atoms with Gasteiger partial charge in [0, 0.05) is 0 Å². The third-order valence-corrected chi connectivity index (χ3v) is 4.54. The lowest BCUT2D eigenvalue weighted by molar-refractivity contribution is 0.353. The molecule has 0 N–H and O–H groups in total. The number of methoxy groups -OCH3 is 2. The van der Waals surface area contributed by atoms with Gasteiger partial charge in [-0.15, -0.1) is 0 Å². The van der Waals surface area contributed by atoms with E-state index in [1.165, 1.54) is 0 Å². The van der Waals surface area contributed by atoms with E-state index in [1.54, 1.807) is 14.2 Å². The molecule has 0 saturated carbocycles. The van der Waals surface area contributed by atoms with E-state index in [4.69, 9.17) is 9.47 Å². The molecule has 0 saturated heterocycles. The van der Waals surface area contributed by atoms with Crippen molar-refractivity contribution in [3.8, 4) is 17.6 Å². The van der Waals surface area contributed by atoms with Crippen molar-refractivity contribution in [2.24, 2.45) is 0 Å². The molecule has 3 aromatic rings. The molecule has 0 aliphatic heterocycles. The second kappa shape index (κ2) is 7.42. The maximum atomic E-state index is 9.62. The molecule has 0 amide bonds. The predicted octanol–water partition coefficient (Wildman–Crippen LogP) is 5.68. The van der Waals surface area contributed by atoms with Gasteiger partial charge in [0.25, 0.3) is 0 Å². The van der Waals surface area contributed by atoms with Gasteiger partial charge < -0.3 is 9.47 Å². The number of hydrogen-bond donors (Lipinski definition) is 0. The van der Waals surface area contributed by atoms with Gasteiger partial charge in [0.15, 0.2) is 11.5 Å². The molecule has 3 nitrogen and oxygen atoms in total. The molecule has 3 aromatic carbocycles. The Morgan fingerprint density at radius 1 is 1.00 bits per heavy atom. The van der Waals surface area contributed by atoms with E-state index in [-0.39, 0.29) is 0 Å². The summed E-state index contributed by atoms with van der Waals surface area (Å²) in [6.07, 6.45) is 1.84. The molecule has 0 aliphatic carbocycles. The molecule has 0 aromatic heterocycles. The number of hydrogen-bond acceptors (Lipinski definition) is 3. The molecular formula is C21H16BrNO2. The Kier molecular flexibility index (Phi) is 5.06. The normalized spacial score (nSPS) is 11.2.